The van der Waals surface area contributed by atoms with Crippen LogP contribution in [0.2, 0.25) is 0 Å². The van der Waals surface area contributed by atoms with Crippen LogP contribution in [0.5, 0.6) is 5.75 Å². The Kier molecular flexibility index (Phi) is 4.24. The number of alkyl halides is 2. The number of halogens is 3. The van der Waals surface area contributed by atoms with Crippen LogP contribution >= 0.6 is 0 Å². The second-order valence-electron chi connectivity index (χ2n) is 3.81. The topological polar surface area (TPSA) is 38.3 Å². The zero-order valence-corrected chi connectivity index (χ0v) is 10.1. The van der Waals surface area contributed by atoms with Crippen molar-refractivity contribution in [1.29, 1.82) is 0 Å². The van der Waals surface area contributed by atoms with Crippen molar-refractivity contribution in [1.82, 2.24) is 0 Å². The molecule has 0 radical (unpaired) electrons. The van der Waals surface area contributed by atoms with Gasteiger partial charge in [0.2, 0.25) is 0 Å². The van der Waals surface area contributed by atoms with Crippen LogP contribution in [0.3, 0.4) is 0 Å². The molecule has 1 amide bonds. The highest BCUT2D eigenvalue weighted by molar-refractivity contribution is 6.06. The van der Waals surface area contributed by atoms with Crippen molar-refractivity contribution < 1.29 is 22.7 Å². The highest BCUT2D eigenvalue weighted by Crippen LogP contribution is 2.22. The lowest BCUT2D eigenvalue weighted by Crippen LogP contribution is -2.15. The Hall–Kier alpha value is -2.50. The first-order valence-corrected chi connectivity index (χ1v) is 5.67. The minimum atomic E-state index is -3.04. The summed E-state index contributed by atoms with van der Waals surface area (Å²) in [6.45, 7) is -3.04. The van der Waals surface area contributed by atoms with Crippen LogP contribution in [0.15, 0.2) is 48.5 Å². The van der Waals surface area contributed by atoms with Crippen molar-refractivity contribution in [3.05, 3.63) is 59.9 Å². The molecule has 0 atom stereocenters. The minimum Gasteiger partial charge on any atom is -0.434 e. The predicted octanol–water partition coefficient (Wildman–Crippen LogP) is 3.68. The summed E-state index contributed by atoms with van der Waals surface area (Å²) in [7, 11) is 0. The maximum absolute atomic E-state index is 13.4. The number of amides is 1. The molecule has 2 rings (SSSR count). The molecule has 0 heterocycles. The number of hydrogen-bond donors (Lipinski definition) is 1. The van der Waals surface area contributed by atoms with Crippen molar-refractivity contribution in [2.75, 3.05) is 5.32 Å². The first kappa shape index (κ1) is 13.9. The fourth-order valence-electron chi connectivity index (χ4n) is 1.61. The molecule has 3 nitrogen and oxygen atoms in total. The number of anilines is 1. The van der Waals surface area contributed by atoms with Crippen molar-refractivity contribution in [3.63, 3.8) is 0 Å². The van der Waals surface area contributed by atoms with Crippen LogP contribution in [0.25, 0.3) is 0 Å². The molecule has 20 heavy (non-hydrogen) atoms. The van der Waals surface area contributed by atoms with Gasteiger partial charge in [-0.1, -0.05) is 24.3 Å². The fraction of sp³-hybridized carbons (Fsp3) is 0.0714. The number of nitrogens with one attached hydrogen (secondary N) is 1. The Morgan fingerprint density at radius 2 is 1.70 bits per heavy atom. The van der Waals surface area contributed by atoms with E-state index in [4.69, 9.17) is 0 Å². The molecule has 6 heteroatoms. The largest absolute Gasteiger partial charge is 0.434 e. The van der Waals surface area contributed by atoms with Gasteiger partial charge in [0.1, 0.15) is 11.6 Å². The molecular formula is C14H10F3NO2. The Morgan fingerprint density at radius 1 is 1.05 bits per heavy atom. The summed E-state index contributed by atoms with van der Waals surface area (Å²) in [5.74, 6) is -1.62. The van der Waals surface area contributed by atoms with Gasteiger partial charge >= 0.3 is 6.61 Å². The normalized spacial score (nSPS) is 10.4. The molecule has 0 aliphatic carbocycles. The third-order valence-corrected chi connectivity index (χ3v) is 2.47. The SMILES string of the molecule is O=C(Nc1ccccc1F)c1ccccc1OC(F)F. The van der Waals surface area contributed by atoms with E-state index in [1.807, 2.05) is 0 Å². The van der Waals surface area contributed by atoms with Crippen LogP contribution in [0.1, 0.15) is 10.4 Å². The van der Waals surface area contributed by atoms with Gasteiger partial charge in [-0.15, -0.1) is 0 Å². The monoisotopic (exact) mass is 281 g/mol. The van der Waals surface area contributed by atoms with Gasteiger partial charge in [0.25, 0.3) is 5.91 Å². The molecule has 0 fully saturated rings. The van der Waals surface area contributed by atoms with Gasteiger partial charge < -0.3 is 10.1 Å². The van der Waals surface area contributed by atoms with Crippen molar-refractivity contribution >= 4 is 11.6 Å². The lowest BCUT2D eigenvalue weighted by molar-refractivity contribution is -0.0501. The highest BCUT2D eigenvalue weighted by Gasteiger charge is 2.16. The van der Waals surface area contributed by atoms with Crippen molar-refractivity contribution in [2.24, 2.45) is 0 Å². The molecule has 0 spiro atoms. The number of ether oxygens (including phenoxy) is 1. The Balaban J connectivity index is 2.23. The lowest BCUT2D eigenvalue weighted by atomic mass is 10.2. The van der Waals surface area contributed by atoms with Gasteiger partial charge in [-0.25, -0.2) is 4.39 Å². The molecule has 0 bridgehead atoms. The summed E-state index contributed by atoms with van der Waals surface area (Å²) < 4.78 is 42.1. The van der Waals surface area contributed by atoms with Gasteiger partial charge in [-0.2, -0.15) is 8.78 Å². The summed E-state index contributed by atoms with van der Waals surface area (Å²) in [6.07, 6.45) is 0. The molecule has 0 aliphatic rings. The van der Waals surface area contributed by atoms with E-state index >= 15 is 0 Å². The molecule has 2 aromatic carbocycles. The molecule has 0 aromatic heterocycles. The third kappa shape index (κ3) is 3.28. The number of para-hydroxylation sites is 2. The van der Waals surface area contributed by atoms with Crippen LogP contribution in [-0.2, 0) is 0 Å². The standard InChI is InChI=1S/C14H10F3NO2/c15-10-6-2-3-7-11(10)18-13(19)9-5-1-4-8-12(9)20-14(16)17/h1-8,14H,(H,18,19). The van der Waals surface area contributed by atoms with Crippen LogP contribution in [-0.4, -0.2) is 12.5 Å². The quantitative estimate of drug-likeness (QED) is 0.928. The Labute approximate surface area is 113 Å². The van der Waals surface area contributed by atoms with E-state index in [1.54, 1.807) is 6.07 Å². The molecule has 1 N–H and O–H groups in total. The molecule has 0 saturated carbocycles. The second-order valence-corrected chi connectivity index (χ2v) is 3.81. The average molecular weight is 281 g/mol. The summed E-state index contributed by atoms with van der Waals surface area (Å²) >= 11 is 0. The third-order valence-electron chi connectivity index (χ3n) is 2.47. The van der Waals surface area contributed by atoms with Crippen LogP contribution in [0.4, 0.5) is 18.9 Å². The maximum Gasteiger partial charge on any atom is 0.387 e. The number of rotatable bonds is 4. The van der Waals surface area contributed by atoms with Gasteiger partial charge in [-0.3, -0.25) is 4.79 Å². The fourth-order valence-corrected chi connectivity index (χ4v) is 1.61. The van der Waals surface area contributed by atoms with E-state index in [0.29, 0.717) is 0 Å². The van der Waals surface area contributed by atoms with Gasteiger partial charge in [0.15, 0.2) is 0 Å². The average Bonchev–Trinajstić information content (AvgIpc) is 2.41. The van der Waals surface area contributed by atoms with Crippen molar-refractivity contribution in [2.45, 2.75) is 6.61 Å². The molecule has 0 aliphatic heterocycles. The highest BCUT2D eigenvalue weighted by atomic mass is 19.3. The zero-order chi connectivity index (χ0) is 14.5. The van der Waals surface area contributed by atoms with E-state index in [0.717, 1.165) is 0 Å². The predicted molar refractivity (Wildman–Crippen MR) is 67.4 cm³/mol. The van der Waals surface area contributed by atoms with Gasteiger partial charge in [-0.05, 0) is 24.3 Å². The van der Waals surface area contributed by atoms with E-state index < -0.39 is 18.3 Å². The molecule has 0 saturated heterocycles. The molecule has 104 valence electrons. The van der Waals surface area contributed by atoms with Gasteiger partial charge in [0, 0.05) is 0 Å². The molecular weight excluding hydrogens is 271 g/mol. The second kappa shape index (κ2) is 6.10. The first-order valence-electron chi connectivity index (χ1n) is 5.67. The summed E-state index contributed by atoms with van der Waals surface area (Å²) in [5.41, 5.74) is -0.139. The molecule has 2 aromatic rings. The number of carbonyl (C=O) groups excluding carboxylic acids is 1. The maximum atomic E-state index is 13.4. The van der Waals surface area contributed by atoms with E-state index in [1.165, 1.54) is 42.5 Å². The zero-order valence-electron chi connectivity index (χ0n) is 10.1. The summed E-state index contributed by atoms with van der Waals surface area (Å²) in [6, 6.07) is 11.1. The van der Waals surface area contributed by atoms with E-state index in [-0.39, 0.29) is 17.0 Å². The first-order chi connectivity index (χ1) is 9.58. The number of carbonyl (C=O) groups is 1. The van der Waals surface area contributed by atoms with Gasteiger partial charge in [0.05, 0.1) is 11.3 Å². The Bertz CT molecular complexity index is 617. The minimum absolute atomic E-state index is 0.0376. The summed E-state index contributed by atoms with van der Waals surface area (Å²) in [4.78, 5) is 12.0. The smallest absolute Gasteiger partial charge is 0.387 e. The number of benzene rings is 2. The Morgan fingerprint density at radius 3 is 2.40 bits per heavy atom. The van der Waals surface area contributed by atoms with E-state index in [9.17, 15) is 18.0 Å². The van der Waals surface area contributed by atoms with Crippen LogP contribution < -0.4 is 10.1 Å². The lowest BCUT2D eigenvalue weighted by Gasteiger charge is -2.11. The number of hydrogen-bond acceptors (Lipinski definition) is 2. The van der Waals surface area contributed by atoms with E-state index in [2.05, 4.69) is 10.1 Å². The molecule has 0 unspecified atom stereocenters. The van der Waals surface area contributed by atoms with Crippen LogP contribution in [0, 0.1) is 5.82 Å². The van der Waals surface area contributed by atoms with Crippen molar-refractivity contribution in [3.8, 4) is 5.75 Å². The summed E-state index contributed by atoms with van der Waals surface area (Å²) in [5, 5.41) is 2.30.